The van der Waals surface area contributed by atoms with Crippen LogP contribution >= 0.6 is 11.8 Å². The molecule has 1 N–H and O–H groups in total. The standard InChI is InChI=1S/C12H8N4O2S/c17-16(18)10-6-3-7-13-11(10)19-12-14-8-4-1-2-5-9(8)15-12/h1-7H,(H,14,15). The number of benzene rings is 1. The molecule has 0 radical (unpaired) electrons. The van der Waals surface area contributed by atoms with E-state index in [2.05, 4.69) is 15.0 Å². The van der Waals surface area contributed by atoms with Gasteiger partial charge in [-0.2, -0.15) is 0 Å². The van der Waals surface area contributed by atoms with Crippen LogP contribution in [0, 0.1) is 10.1 Å². The molecule has 2 heterocycles. The van der Waals surface area contributed by atoms with E-state index in [0.29, 0.717) is 10.2 Å². The zero-order valence-corrected chi connectivity index (χ0v) is 10.4. The Morgan fingerprint density at radius 3 is 2.84 bits per heavy atom. The Kier molecular flexibility index (Phi) is 2.88. The van der Waals surface area contributed by atoms with Gasteiger partial charge in [-0.25, -0.2) is 9.97 Å². The molecule has 3 rings (SSSR count). The van der Waals surface area contributed by atoms with Gasteiger partial charge in [-0.15, -0.1) is 0 Å². The third-order valence-corrected chi connectivity index (χ3v) is 3.40. The molecule has 0 aliphatic rings. The van der Waals surface area contributed by atoms with Gasteiger partial charge >= 0.3 is 5.69 Å². The van der Waals surface area contributed by atoms with E-state index in [0.717, 1.165) is 22.8 Å². The maximum Gasteiger partial charge on any atom is 0.301 e. The summed E-state index contributed by atoms with van der Waals surface area (Å²) in [5.41, 5.74) is 1.69. The minimum atomic E-state index is -0.446. The number of para-hydroxylation sites is 2. The smallest absolute Gasteiger partial charge is 0.301 e. The number of imidazole rings is 1. The summed E-state index contributed by atoms with van der Waals surface area (Å²) in [6, 6.07) is 10.5. The molecule has 0 aliphatic heterocycles. The van der Waals surface area contributed by atoms with Crippen LogP contribution in [0.3, 0.4) is 0 Å². The minimum Gasteiger partial charge on any atom is -0.333 e. The van der Waals surface area contributed by atoms with E-state index in [1.807, 2.05) is 24.3 Å². The highest BCUT2D eigenvalue weighted by Crippen LogP contribution is 2.31. The summed E-state index contributed by atoms with van der Waals surface area (Å²) in [5.74, 6) is 0. The van der Waals surface area contributed by atoms with Gasteiger partial charge in [0, 0.05) is 12.3 Å². The molecular formula is C12H8N4O2S. The van der Waals surface area contributed by atoms with Crippen LogP contribution in [0.5, 0.6) is 0 Å². The van der Waals surface area contributed by atoms with Gasteiger partial charge < -0.3 is 4.98 Å². The van der Waals surface area contributed by atoms with Gasteiger partial charge in [0.25, 0.3) is 0 Å². The zero-order chi connectivity index (χ0) is 13.2. The van der Waals surface area contributed by atoms with Gasteiger partial charge in [0.2, 0.25) is 0 Å². The molecule has 2 aromatic heterocycles. The highest BCUT2D eigenvalue weighted by Gasteiger charge is 2.16. The topological polar surface area (TPSA) is 84.7 Å². The molecule has 0 saturated heterocycles. The maximum absolute atomic E-state index is 10.9. The van der Waals surface area contributed by atoms with Crippen LogP contribution in [0.15, 0.2) is 52.8 Å². The molecule has 0 fully saturated rings. The third-order valence-electron chi connectivity index (χ3n) is 2.51. The van der Waals surface area contributed by atoms with E-state index >= 15 is 0 Å². The van der Waals surface area contributed by atoms with Crippen molar-refractivity contribution in [2.24, 2.45) is 0 Å². The first kappa shape index (κ1) is 11.7. The first-order valence-corrected chi connectivity index (χ1v) is 6.28. The Hall–Kier alpha value is -2.41. The summed E-state index contributed by atoms with van der Waals surface area (Å²) in [5, 5.41) is 11.8. The van der Waals surface area contributed by atoms with Gasteiger partial charge in [-0.3, -0.25) is 10.1 Å². The van der Waals surface area contributed by atoms with Gasteiger partial charge in [0.15, 0.2) is 10.2 Å². The Morgan fingerprint density at radius 2 is 2.05 bits per heavy atom. The van der Waals surface area contributed by atoms with Crippen molar-refractivity contribution in [2.45, 2.75) is 10.2 Å². The van der Waals surface area contributed by atoms with E-state index in [-0.39, 0.29) is 5.69 Å². The molecule has 0 atom stereocenters. The summed E-state index contributed by atoms with van der Waals surface area (Å²) in [6.45, 7) is 0. The second-order valence-electron chi connectivity index (χ2n) is 3.75. The van der Waals surface area contributed by atoms with Crippen LogP contribution in [0.2, 0.25) is 0 Å². The molecule has 0 unspecified atom stereocenters. The van der Waals surface area contributed by atoms with Crippen molar-refractivity contribution in [3.8, 4) is 0 Å². The molecule has 0 amide bonds. The fourth-order valence-corrected chi connectivity index (χ4v) is 2.52. The molecule has 0 bridgehead atoms. The molecule has 6 nitrogen and oxygen atoms in total. The predicted octanol–water partition coefficient (Wildman–Crippen LogP) is 3.02. The average molecular weight is 272 g/mol. The number of fused-ring (bicyclic) bond motifs is 1. The average Bonchev–Trinajstić information content (AvgIpc) is 2.81. The lowest BCUT2D eigenvalue weighted by molar-refractivity contribution is -0.388. The molecule has 7 heteroatoms. The quantitative estimate of drug-likeness (QED) is 0.585. The summed E-state index contributed by atoms with van der Waals surface area (Å²) in [6.07, 6.45) is 1.53. The van der Waals surface area contributed by atoms with E-state index in [1.165, 1.54) is 12.3 Å². The SMILES string of the molecule is O=[N+]([O-])c1cccnc1Sc1nc2ccccc2[nH]1. The first-order chi connectivity index (χ1) is 9.24. The molecule has 0 spiro atoms. The molecule has 1 aromatic carbocycles. The first-order valence-electron chi connectivity index (χ1n) is 5.46. The number of nitrogens with zero attached hydrogens (tertiary/aromatic N) is 3. The largest absolute Gasteiger partial charge is 0.333 e. The number of aromatic amines is 1. The van der Waals surface area contributed by atoms with Gasteiger partial charge in [0.1, 0.15) is 0 Å². The van der Waals surface area contributed by atoms with E-state index in [4.69, 9.17) is 0 Å². The molecule has 3 aromatic rings. The van der Waals surface area contributed by atoms with Crippen molar-refractivity contribution in [1.82, 2.24) is 15.0 Å². The summed E-state index contributed by atoms with van der Waals surface area (Å²) >= 11 is 1.15. The molecule has 19 heavy (non-hydrogen) atoms. The lowest BCUT2D eigenvalue weighted by Gasteiger charge is -1.97. The number of H-pyrrole nitrogens is 1. The summed E-state index contributed by atoms with van der Waals surface area (Å²) in [4.78, 5) is 21.9. The second-order valence-corrected chi connectivity index (χ2v) is 4.72. The number of aromatic nitrogens is 3. The normalized spacial score (nSPS) is 10.7. The monoisotopic (exact) mass is 272 g/mol. The van der Waals surface area contributed by atoms with Gasteiger partial charge in [-0.05, 0) is 30.0 Å². The fourth-order valence-electron chi connectivity index (χ4n) is 1.67. The molecular weight excluding hydrogens is 264 g/mol. The zero-order valence-electron chi connectivity index (χ0n) is 9.61. The van der Waals surface area contributed by atoms with Crippen molar-refractivity contribution in [1.29, 1.82) is 0 Å². The fraction of sp³-hybridized carbons (Fsp3) is 0. The van der Waals surface area contributed by atoms with Crippen molar-refractivity contribution >= 4 is 28.5 Å². The number of rotatable bonds is 3. The molecule has 0 saturated carbocycles. The number of hydrogen-bond acceptors (Lipinski definition) is 5. The lowest BCUT2D eigenvalue weighted by Crippen LogP contribution is -1.92. The Bertz CT molecular complexity index is 723. The van der Waals surface area contributed by atoms with Crippen molar-refractivity contribution < 1.29 is 4.92 Å². The van der Waals surface area contributed by atoms with E-state index in [9.17, 15) is 10.1 Å². The Balaban J connectivity index is 1.99. The number of nitro groups is 1. The van der Waals surface area contributed by atoms with Gasteiger partial charge in [-0.1, -0.05) is 12.1 Å². The minimum absolute atomic E-state index is 0.0204. The van der Waals surface area contributed by atoms with Crippen molar-refractivity contribution in [3.05, 3.63) is 52.7 Å². The Labute approximate surface area is 112 Å². The van der Waals surface area contributed by atoms with Crippen LogP contribution in [0.4, 0.5) is 5.69 Å². The van der Waals surface area contributed by atoms with Crippen LogP contribution in [0.1, 0.15) is 0 Å². The van der Waals surface area contributed by atoms with E-state index in [1.54, 1.807) is 6.07 Å². The van der Waals surface area contributed by atoms with Crippen molar-refractivity contribution in [3.63, 3.8) is 0 Å². The number of nitrogens with one attached hydrogen (secondary N) is 1. The highest BCUT2D eigenvalue weighted by molar-refractivity contribution is 7.99. The predicted molar refractivity (Wildman–Crippen MR) is 71.1 cm³/mol. The Morgan fingerprint density at radius 1 is 1.21 bits per heavy atom. The van der Waals surface area contributed by atoms with Crippen LogP contribution in [-0.4, -0.2) is 19.9 Å². The van der Waals surface area contributed by atoms with Crippen molar-refractivity contribution in [2.75, 3.05) is 0 Å². The summed E-state index contributed by atoms with van der Waals surface area (Å²) < 4.78 is 0. The summed E-state index contributed by atoms with van der Waals surface area (Å²) in [7, 11) is 0. The number of hydrogen-bond donors (Lipinski definition) is 1. The van der Waals surface area contributed by atoms with Crippen LogP contribution in [-0.2, 0) is 0 Å². The highest BCUT2D eigenvalue weighted by atomic mass is 32.2. The lowest BCUT2D eigenvalue weighted by atomic mass is 10.3. The maximum atomic E-state index is 10.9. The third kappa shape index (κ3) is 2.27. The van der Waals surface area contributed by atoms with E-state index < -0.39 is 4.92 Å². The van der Waals surface area contributed by atoms with Crippen LogP contribution in [0.25, 0.3) is 11.0 Å². The second kappa shape index (κ2) is 4.69. The molecule has 94 valence electrons. The van der Waals surface area contributed by atoms with Crippen LogP contribution < -0.4 is 0 Å². The van der Waals surface area contributed by atoms with Gasteiger partial charge in [0.05, 0.1) is 16.0 Å². The number of pyridine rings is 1. The molecule has 0 aliphatic carbocycles.